The van der Waals surface area contributed by atoms with Gasteiger partial charge in [0.25, 0.3) is 0 Å². The SMILES string of the molecule is Cc1cc(C(C)C)c(NC(=S)NCC(C)C)c(C(C)C)c1. The summed E-state index contributed by atoms with van der Waals surface area (Å²) in [5.41, 5.74) is 5.18. The molecule has 0 aromatic heterocycles. The Labute approximate surface area is 135 Å². The number of thiocarbonyl (C=S) groups is 1. The molecule has 0 aliphatic rings. The Morgan fingerprint density at radius 2 is 1.48 bits per heavy atom. The molecule has 0 radical (unpaired) electrons. The first kappa shape index (κ1) is 18.0. The highest BCUT2D eigenvalue weighted by Crippen LogP contribution is 2.33. The molecule has 0 fully saturated rings. The van der Waals surface area contributed by atoms with Gasteiger partial charge in [0.2, 0.25) is 0 Å². The van der Waals surface area contributed by atoms with Gasteiger partial charge in [0.05, 0.1) is 0 Å². The van der Waals surface area contributed by atoms with Crippen molar-refractivity contribution in [2.45, 2.75) is 60.3 Å². The van der Waals surface area contributed by atoms with Crippen molar-refractivity contribution in [3.63, 3.8) is 0 Å². The molecule has 0 unspecified atom stereocenters. The molecule has 118 valence electrons. The van der Waals surface area contributed by atoms with Crippen LogP contribution < -0.4 is 10.6 Å². The average Bonchev–Trinajstić information content (AvgIpc) is 2.37. The normalized spacial score (nSPS) is 11.3. The first-order valence-electron chi connectivity index (χ1n) is 7.91. The molecule has 0 spiro atoms. The highest BCUT2D eigenvalue weighted by Gasteiger charge is 2.16. The molecule has 0 saturated carbocycles. The predicted molar refractivity (Wildman–Crippen MR) is 98.4 cm³/mol. The molecule has 2 N–H and O–H groups in total. The zero-order chi connectivity index (χ0) is 16.2. The van der Waals surface area contributed by atoms with E-state index in [0.29, 0.717) is 17.8 Å². The molecular weight excluding hydrogens is 276 g/mol. The van der Waals surface area contributed by atoms with E-state index in [1.54, 1.807) is 0 Å². The quantitative estimate of drug-likeness (QED) is 0.733. The summed E-state index contributed by atoms with van der Waals surface area (Å²) in [6.45, 7) is 16.3. The molecule has 1 aromatic carbocycles. The summed E-state index contributed by atoms with van der Waals surface area (Å²) in [6.07, 6.45) is 0. The lowest BCUT2D eigenvalue weighted by Crippen LogP contribution is -2.32. The molecule has 21 heavy (non-hydrogen) atoms. The predicted octanol–water partition coefficient (Wildman–Crippen LogP) is 5.18. The first-order chi connectivity index (χ1) is 9.72. The van der Waals surface area contributed by atoms with Gasteiger partial charge in [-0.1, -0.05) is 59.2 Å². The van der Waals surface area contributed by atoms with Crippen LogP contribution >= 0.6 is 12.2 Å². The van der Waals surface area contributed by atoms with Crippen LogP contribution in [0.15, 0.2) is 12.1 Å². The van der Waals surface area contributed by atoms with Crippen LogP contribution in [0.4, 0.5) is 5.69 Å². The molecule has 0 amide bonds. The molecule has 0 aliphatic carbocycles. The second-order valence-electron chi connectivity index (χ2n) is 6.86. The van der Waals surface area contributed by atoms with Gasteiger partial charge in [0.15, 0.2) is 5.11 Å². The van der Waals surface area contributed by atoms with E-state index in [-0.39, 0.29) is 0 Å². The van der Waals surface area contributed by atoms with Crippen LogP contribution in [-0.4, -0.2) is 11.7 Å². The molecule has 0 saturated heterocycles. The van der Waals surface area contributed by atoms with Crippen LogP contribution in [0.2, 0.25) is 0 Å². The lowest BCUT2D eigenvalue weighted by molar-refractivity contribution is 0.627. The van der Waals surface area contributed by atoms with Crippen molar-refractivity contribution < 1.29 is 0 Å². The second-order valence-corrected chi connectivity index (χ2v) is 7.26. The smallest absolute Gasteiger partial charge is 0.170 e. The Hall–Kier alpha value is -1.09. The van der Waals surface area contributed by atoms with Gasteiger partial charge in [0.1, 0.15) is 0 Å². The Kier molecular flexibility index (Phi) is 6.66. The minimum absolute atomic E-state index is 0.470. The van der Waals surface area contributed by atoms with E-state index in [4.69, 9.17) is 12.2 Å². The molecule has 0 aliphatic heterocycles. The van der Waals surface area contributed by atoms with Gasteiger partial charge in [0, 0.05) is 12.2 Å². The number of nitrogens with one attached hydrogen (secondary N) is 2. The number of hydrogen-bond acceptors (Lipinski definition) is 1. The fourth-order valence-electron chi connectivity index (χ4n) is 2.35. The lowest BCUT2D eigenvalue weighted by Gasteiger charge is -2.23. The van der Waals surface area contributed by atoms with Crippen molar-refractivity contribution in [1.29, 1.82) is 0 Å². The van der Waals surface area contributed by atoms with Crippen LogP contribution in [0, 0.1) is 12.8 Å². The molecule has 2 nitrogen and oxygen atoms in total. The van der Waals surface area contributed by atoms with Crippen LogP contribution in [-0.2, 0) is 0 Å². The van der Waals surface area contributed by atoms with Crippen LogP contribution in [0.1, 0.15) is 70.1 Å². The molecule has 0 bridgehead atoms. The van der Waals surface area contributed by atoms with Gasteiger partial charge < -0.3 is 10.6 Å². The summed E-state index contributed by atoms with van der Waals surface area (Å²) in [5.74, 6) is 1.52. The van der Waals surface area contributed by atoms with Gasteiger partial charge in [-0.3, -0.25) is 0 Å². The first-order valence-corrected chi connectivity index (χ1v) is 8.32. The van der Waals surface area contributed by atoms with Gasteiger partial charge in [-0.2, -0.15) is 0 Å². The van der Waals surface area contributed by atoms with Crippen molar-refractivity contribution in [2.75, 3.05) is 11.9 Å². The van der Waals surface area contributed by atoms with Crippen molar-refractivity contribution in [1.82, 2.24) is 5.32 Å². The molecule has 1 aromatic rings. The molecule has 3 heteroatoms. The number of hydrogen-bond donors (Lipinski definition) is 2. The van der Waals surface area contributed by atoms with E-state index in [1.165, 1.54) is 22.4 Å². The van der Waals surface area contributed by atoms with E-state index in [0.717, 1.165) is 11.7 Å². The van der Waals surface area contributed by atoms with Crippen molar-refractivity contribution in [2.24, 2.45) is 5.92 Å². The van der Waals surface area contributed by atoms with E-state index < -0.39 is 0 Å². The zero-order valence-corrected chi connectivity index (χ0v) is 15.3. The standard InChI is InChI=1S/C18H30N2S/c1-11(2)10-19-18(21)20-17-15(12(3)4)8-14(7)9-16(17)13(5)6/h8-9,11-13H,10H2,1-7H3,(H2,19,20,21). The highest BCUT2D eigenvalue weighted by molar-refractivity contribution is 7.80. The average molecular weight is 307 g/mol. The van der Waals surface area contributed by atoms with Crippen LogP contribution in [0.3, 0.4) is 0 Å². The van der Waals surface area contributed by atoms with Gasteiger partial charge in [-0.15, -0.1) is 0 Å². The van der Waals surface area contributed by atoms with E-state index in [1.807, 2.05) is 0 Å². The minimum atomic E-state index is 0.470. The third-order valence-electron chi connectivity index (χ3n) is 3.50. The van der Waals surface area contributed by atoms with Crippen molar-refractivity contribution in [3.8, 4) is 0 Å². The maximum Gasteiger partial charge on any atom is 0.170 e. The lowest BCUT2D eigenvalue weighted by atomic mass is 9.90. The Morgan fingerprint density at radius 3 is 1.86 bits per heavy atom. The van der Waals surface area contributed by atoms with Crippen molar-refractivity contribution >= 4 is 23.0 Å². The summed E-state index contributed by atoms with van der Waals surface area (Å²) in [6, 6.07) is 4.54. The molecular formula is C18H30N2S. The summed E-state index contributed by atoms with van der Waals surface area (Å²) in [4.78, 5) is 0. The molecule has 0 heterocycles. The van der Waals surface area contributed by atoms with Gasteiger partial charge in [-0.05, 0) is 48.0 Å². The Bertz CT molecular complexity index is 461. The summed E-state index contributed by atoms with van der Waals surface area (Å²) < 4.78 is 0. The fourth-order valence-corrected chi connectivity index (χ4v) is 2.54. The third kappa shape index (κ3) is 5.31. The minimum Gasteiger partial charge on any atom is -0.362 e. The molecule has 0 atom stereocenters. The van der Waals surface area contributed by atoms with Gasteiger partial charge >= 0.3 is 0 Å². The topological polar surface area (TPSA) is 24.1 Å². The third-order valence-corrected chi connectivity index (χ3v) is 3.74. The van der Waals surface area contributed by atoms with E-state index in [2.05, 4.69) is 71.2 Å². The van der Waals surface area contributed by atoms with E-state index >= 15 is 0 Å². The van der Waals surface area contributed by atoms with Crippen LogP contribution in [0.5, 0.6) is 0 Å². The molecule has 1 rings (SSSR count). The monoisotopic (exact) mass is 306 g/mol. The Balaban J connectivity index is 3.10. The fraction of sp³-hybridized carbons (Fsp3) is 0.611. The van der Waals surface area contributed by atoms with Crippen LogP contribution in [0.25, 0.3) is 0 Å². The second kappa shape index (κ2) is 7.79. The number of aryl methyl sites for hydroxylation is 1. The highest BCUT2D eigenvalue weighted by atomic mass is 32.1. The number of anilines is 1. The van der Waals surface area contributed by atoms with E-state index in [9.17, 15) is 0 Å². The van der Waals surface area contributed by atoms with Gasteiger partial charge in [-0.25, -0.2) is 0 Å². The maximum absolute atomic E-state index is 5.46. The largest absolute Gasteiger partial charge is 0.362 e. The maximum atomic E-state index is 5.46. The zero-order valence-electron chi connectivity index (χ0n) is 14.5. The van der Waals surface area contributed by atoms with Crippen molar-refractivity contribution in [3.05, 3.63) is 28.8 Å². The number of rotatable bonds is 5. The number of benzene rings is 1. The summed E-state index contributed by atoms with van der Waals surface area (Å²) >= 11 is 5.46. The summed E-state index contributed by atoms with van der Waals surface area (Å²) in [5, 5.41) is 7.46. The summed E-state index contributed by atoms with van der Waals surface area (Å²) in [7, 11) is 0. The Morgan fingerprint density at radius 1 is 1.00 bits per heavy atom.